The van der Waals surface area contributed by atoms with Crippen LogP contribution in [0.5, 0.6) is 11.5 Å². The molecule has 1 aliphatic rings. The van der Waals surface area contributed by atoms with Crippen LogP contribution in [0, 0.1) is 5.41 Å². The first kappa shape index (κ1) is 11.3. The van der Waals surface area contributed by atoms with Gasteiger partial charge in [0.15, 0.2) is 0 Å². The number of hydrogen-bond donors (Lipinski definition) is 1. The van der Waals surface area contributed by atoms with Gasteiger partial charge in [0, 0.05) is 0 Å². The van der Waals surface area contributed by atoms with Crippen LogP contribution in [0.4, 0.5) is 0 Å². The van der Waals surface area contributed by atoms with E-state index < -0.39 is 0 Å². The van der Waals surface area contributed by atoms with Gasteiger partial charge in [-0.3, -0.25) is 0 Å². The molecule has 3 heteroatoms. The third kappa shape index (κ3) is 2.14. The third-order valence-electron chi connectivity index (χ3n) is 3.44. The van der Waals surface area contributed by atoms with E-state index in [1.807, 2.05) is 12.1 Å². The van der Waals surface area contributed by atoms with Crippen molar-refractivity contribution in [2.75, 3.05) is 20.8 Å². The van der Waals surface area contributed by atoms with E-state index in [4.69, 9.17) is 15.2 Å². The van der Waals surface area contributed by atoms with E-state index in [0.29, 0.717) is 5.41 Å². The number of rotatable bonds is 5. The minimum Gasteiger partial charge on any atom is -0.497 e. The van der Waals surface area contributed by atoms with Crippen molar-refractivity contribution >= 4 is 0 Å². The van der Waals surface area contributed by atoms with Crippen LogP contribution in [0.25, 0.3) is 0 Å². The molecule has 88 valence electrons. The van der Waals surface area contributed by atoms with Crippen LogP contribution < -0.4 is 15.2 Å². The Morgan fingerprint density at radius 3 is 2.50 bits per heavy atom. The van der Waals surface area contributed by atoms with Crippen LogP contribution in [0.1, 0.15) is 18.4 Å². The fraction of sp³-hybridized carbons (Fsp3) is 0.538. The van der Waals surface area contributed by atoms with Crippen LogP contribution >= 0.6 is 0 Å². The fourth-order valence-electron chi connectivity index (χ4n) is 2.05. The normalized spacial score (nSPS) is 16.9. The molecule has 1 aromatic carbocycles. The summed E-state index contributed by atoms with van der Waals surface area (Å²) in [6.07, 6.45) is 3.44. The Morgan fingerprint density at radius 2 is 2.00 bits per heavy atom. The largest absolute Gasteiger partial charge is 0.497 e. The lowest BCUT2D eigenvalue weighted by atomic mass is 9.96. The Labute approximate surface area is 96.5 Å². The van der Waals surface area contributed by atoms with Gasteiger partial charge in [-0.2, -0.15) is 0 Å². The lowest BCUT2D eigenvalue weighted by molar-refractivity contribution is 0.392. The molecule has 3 nitrogen and oxygen atoms in total. The summed E-state index contributed by atoms with van der Waals surface area (Å²) in [7, 11) is 3.38. The van der Waals surface area contributed by atoms with Crippen molar-refractivity contribution in [3.05, 3.63) is 23.8 Å². The molecule has 1 saturated carbocycles. The van der Waals surface area contributed by atoms with Gasteiger partial charge in [-0.15, -0.1) is 0 Å². The van der Waals surface area contributed by atoms with E-state index >= 15 is 0 Å². The minimum absolute atomic E-state index is 0.319. The van der Waals surface area contributed by atoms with E-state index in [-0.39, 0.29) is 0 Å². The Kier molecular flexibility index (Phi) is 3.06. The molecule has 0 unspecified atom stereocenters. The number of benzene rings is 1. The molecule has 0 aromatic heterocycles. The molecular formula is C13H19NO2. The molecule has 0 heterocycles. The maximum Gasteiger partial charge on any atom is 0.122 e. The minimum atomic E-state index is 0.319. The average Bonchev–Trinajstić information content (AvgIpc) is 3.09. The van der Waals surface area contributed by atoms with Crippen molar-refractivity contribution in [3.8, 4) is 11.5 Å². The second-order valence-electron chi connectivity index (χ2n) is 4.56. The molecule has 1 fully saturated rings. The smallest absolute Gasteiger partial charge is 0.122 e. The van der Waals surface area contributed by atoms with Crippen molar-refractivity contribution in [2.24, 2.45) is 11.1 Å². The zero-order valence-corrected chi connectivity index (χ0v) is 9.95. The topological polar surface area (TPSA) is 44.5 Å². The molecule has 0 radical (unpaired) electrons. The van der Waals surface area contributed by atoms with Gasteiger partial charge in [0.05, 0.1) is 14.2 Å². The van der Waals surface area contributed by atoms with Crippen LogP contribution in [0.3, 0.4) is 0 Å². The lowest BCUT2D eigenvalue weighted by Gasteiger charge is -2.15. The number of hydrogen-bond acceptors (Lipinski definition) is 3. The van der Waals surface area contributed by atoms with E-state index in [1.165, 1.54) is 18.4 Å². The van der Waals surface area contributed by atoms with Gasteiger partial charge in [-0.25, -0.2) is 0 Å². The highest BCUT2D eigenvalue weighted by atomic mass is 16.5. The molecule has 0 spiro atoms. The van der Waals surface area contributed by atoms with Gasteiger partial charge >= 0.3 is 0 Å². The highest BCUT2D eigenvalue weighted by Gasteiger charge is 2.41. The fourth-order valence-corrected chi connectivity index (χ4v) is 2.05. The first-order valence-electron chi connectivity index (χ1n) is 5.64. The van der Waals surface area contributed by atoms with E-state index in [0.717, 1.165) is 24.5 Å². The van der Waals surface area contributed by atoms with Crippen molar-refractivity contribution in [1.29, 1.82) is 0 Å². The summed E-state index contributed by atoms with van der Waals surface area (Å²) in [4.78, 5) is 0. The van der Waals surface area contributed by atoms with Gasteiger partial charge in [-0.05, 0) is 55.0 Å². The van der Waals surface area contributed by atoms with Crippen LogP contribution in [-0.2, 0) is 6.42 Å². The number of methoxy groups -OCH3 is 2. The molecule has 0 atom stereocenters. The Balaban J connectivity index is 2.23. The summed E-state index contributed by atoms with van der Waals surface area (Å²) in [5.74, 6) is 1.81. The molecule has 1 aromatic rings. The summed E-state index contributed by atoms with van der Waals surface area (Å²) in [5.41, 5.74) is 7.32. The lowest BCUT2D eigenvalue weighted by Crippen LogP contribution is -2.18. The predicted octanol–water partition coefficient (Wildman–Crippen LogP) is 1.99. The molecule has 0 saturated heterocycles. The quantitative estimate of drug-likeness (QED) is 0.827. The van der Waals surface area contributed by atoms with Crippen molar-refractivity contribution in [2.45, 2.75) is 19.3 Å². The summed E-state index contributed by atoms with van der Waals surface area (Å²) < 4.78 is 10.6. The summed E-state index contributed by atoms with van der Waals surface area (Å²) in [6, 6.07) is 5.93. The second-order valence-corrected chi connectivity index (χ2v) is 4.56. The van der Waals surface area contributed by atoms with Gasteiger partial charge < -0.3 is 15.2 Å². The molecule has 0 amide bonds. The van der Waals surface area contributed by atoms with E-state index in [2.05, 4.69) is 6.07 Å². The Hall–Kier alpha value is -1.22. The zero-order valence-electron chi connectivity index (χ0n) is 9.95. The van der Waals surface area contributed by atoms with Crippen LogP contribution in [0.15, 0.2) is 18.2 Å². The molecule has 2 N–H and O–H groups in total. The highest BCUT2D eigenvalue weighted by molar-refractivity contribution is 5.41. The van der Waals surface area contributed by atoms with Crippen molar-refractivity contribution in [1.82, 2.24) is 0 Å². The van der Waals surface area contributed by atoms with Crippen molar-refractivity contribution < 1.29 is 9.47 Å². The molecular weight excluding hydrogens is 202 g/mol. The Bertz CT molecular complexity index is 372. The first-order valence-corrected chi connectivity index (χ1v) is 5.64. The zero-order chi connectivity index (χ0) is 11.6. The standard InChI is InChI=1S/C13H19NO2/c1-15-11-3-4-12(16-2)10(7-11)8-13(9-14)5-6-13/h3-4,7H,5-6,8-9,14H2,1-2H3. The summed E-state index contributed by atoms with van der Waals surface area (Å²) in [6.45, 7) is 0.757. The molecule has 16 heavy (non-hydrogen) atoms. The second kappa shape index (κ2) is 4.34. The maximum atomic E-state index is 5.81. The predicted molar refractivity (Wildman–Crippen MR) is 64.0 cm³/mol. The number of ether oxygens (including phenoxy) is 2. The molecule has 1 aliphatic carbocycles. The summed E-state index contributed by atoms with van der Waals surface area (Å²) in [5, 5.41) is 0. The monoisotopic (exact) mass is 221 g/mol. The Morgan fingerprint density at radius 1 is 1.25 bits per heavy atom. The highest BCUT2D eigenvalue weighted by Crippen LogP contribution is 2.48. The van der Waals surface area contributed by atoms with Gasteiger partial charge in [-0.1, -0.05) is 0 Å². The third-order valence-corrected chi connectivity index (χ3v) is 3.44. The molecule has 0 aliphatic heterocycles. The van der Waals surface area contributed by atoms with Gasteiger partial charge in [0.25, 0.3) is 0 Å². The van der Waals surface area contributed by atoms with Gasteiger partial charge in [0.2, 0.25) is 0 Å². The molecule has 2 rings (SSSR count). The SMILES string of the molecule is COc1ccc(OC)c(CC2(CN)CC2)c1. The number of nitrogens with two attached hydrogens (primary N) is 1. The van der Waals surface area contributed by atoms with Crippen LogP contribution in [0.2, 0.25) is 0 Å². The van der Waals surface area contributed by atoms with Gasteiger partial charge in [0.1, 0.15) is 11.5 Å². The average molecular weight is 221 g/mol. The maximum absolute atomic E-state index is 5.81. The van der Waals surface area contributed by atoms with E-state index in [1.54, 1.807) is 14.2 Å². The molecule has 0 bridgehead atoms. The van der Waals surface area contributed by atoms with Crippen LogP contribution in [-0.4, -0.2) is 20.8 Å². The van der Waals surface area contributed by atoms with E-state index in [9.17, 15) is 0 Å². The summed E-state index contributed by atoms with van der Waals surface area (Å²) >= 11 is 0. The first-order chi connectivity index (χ1) is 7.73. The van der Waals surface area contributed by atoms with Crippen molar-refractivity contribution in [3.63, 3.8) is 0 Å².